The van der Waals surface area contributed by atoms with Gasteiger partial charge in [-0.25, -0.2) is 4.79 Å². The fourth-order valence-corrected chi connectivity index (χ4v) is 2.52. The summed E-state index contributed by atoms with van der Waals surface area (Å²) in [6, 6.07) is 0.840. The summed E-state index contributed by atoms with van der Waals surface area (Å²) < 4.78 is 5.30. The summed E-state index contributed by atoms with van der Waals surface area (Å²) >= 11 is 0. The molecule has 0 spiro atoms. The van der Waals surface area contributed by atoms with Crippen molar-refractivity contribution in [1.29, 1.82) is 0 Å². The third-order valence-electron chi connectivity index (χ3n) is 3.25. The second kappa shape index (κ2) is 4.42. The lowest BCUT2D eigenvalue weighted by molar-refractivity contribution is 0.0686. The zero-order valence-electron chi connectivity index (χ0n) is 9.61. The molecule has 0 aromatic carbocycles. The van der Waals surface area contributed by atoms with E-state index in [0.29, 0.717) is 24.6 Å². The average molecular weight is 210 g/mol. The number of hydrogen-bond acceptors (Lipinski definition) is 2. The van der Waals surface area contributed by atoms with Crippen LogP contribution in [0.2, 0.25) is 0 Å². The molecule has 1 radical (unpaired) electrons. The minimum atomic E-state index is -0.0932. The first kappa shape index (κ1) is 10.8. The Morgan fingerprint density at radius 2 is 2.00 bits per heavy atom. The molecular weight excluding hydrogens is 190 g/mol. The van der Waals surface area contributed by atoms with Crippen molar-refractivity contribution in [3.63, 3.8) is 0 Å². The Hall–Kier alpha value is -0.730. The molecule has 2 bridgehead atoms. The van der Waals surface area contributed by atoms with Crippen molar-refractivity contribution in [2.45, 2.75) is 51.6 Å². The van der Waals surface area contributed by atoms with E-state index in [-0.39, 0.29) is 6.09 Å². The van der Waals surface area contributed by atoms with Crippen LogP contribution in [0.15, 0.2) is 0 Å². The van der Waals surface area contributed by atoms with Crippen LogP contribution in [0.3, 0.4) is 0 Å². The van der Waals surface area contributed by atoms with Crippen molar-refractivity contribution >= 4 is 6.09 Å². The third-order valence-corrected chi connectivity index (χ3v) is 3.25. The van der Waals surface area contributed by atoms with Crippen LogP contribution in [0.4, 0.5) is 4.79 Å². The highest BCUT2D eigenvalue weighted by Crippen LogP contribution is 2.35. The number of carbonyl (C=O) groups is 1. The minimum absolute atomic E-state index is 0.0932. The molecule has 2 aliphatic heterocycles. The van der Waals surface area contributed by atoms with Crippen LogP contribution < -0.4 is 0 Å². The quantitative estimate of drug-likeness (QED) is 0.701. The minimum Gasteiger partial charge on any atom is -0.449 e. The van der Waals surface area contributed by atoms with E-state index in [9.17, 15) is 4.79 Å². The molecule has 2 rings (SSSR count). The standard InChI is InChI=1S/C12H20NO2/c1-9(2)8-15-12(14)13-10-4-3-5-11(13)7-6-10/h3,9-11H,4-8H2,1-2H3. The van der Waals surface area contributed by atoms with Crippen LogP contribution in [0.1, 0.15) is 39.5 Å². The van der Waals surface area contributed by atoms with Crippen LogP contribution in [0.25, 0.3) is 0 Å². The maximum Gasteiger partial charge on any atom is 0.410 e. The molecular formula is C12H20NO2. The SMILES string of the molecule is CC(C)COC(=O)N1C2C[CH]CC1CC2. The molecule has 2 aliphatic rings. The summed E-state index contributed by atoms with van der Waals surface area (Å²) in [4.78, 5) is 13.8. The number of nitrogens with zero attached hydrogens (tertiary/aromatic N) is 1. The van der Waals surface area contributed by atoms with Crippen molar-refractivity contribution < 1.29 is 9.53 Å². The highest BCUT2D eigenvalue weighted by molar-refractivity contribution is 5.69. The Kier molecular flexibility index (Phi) is 3.17. The van der Waals surface area contributed by atoms with Gasteiger partial charge in [0.05, 0.1) is 6.61 Å². The first-order valence-corrected chi connectivity index (χ1v) is 5.95. The Balaban J connectivity index is 1.90. The van der Waals surface area contributed by atoms with Gasteiger partial charge < -0.3 is 9.64 Å². The monoisotopic (exact) mass is 210 g/mol. The van der Waals surface area contributed by atoms with Crippen molar-refractivity contribution in [3.05, 3.63) is 6.42 Å². The molecule has 2 saturated heterocycles. The first-order chi connectivity index (χ1) is 7.18. The van der Waals surface area contributed by atoms with Gasteiger partial charge in [-0.15, -0.1) is 0 Å². The lowest BCUT2D eigenvalue weighted by Gasteiger charge is -2.33. The van der Waals surface area contributed by atoms with Gasteiger partial charge in [-0.2, -0.15) is 0 Å². The molecule has 0 aromatic rings. The maximum atomic E-state index is 11.9. The molecule has 2 unspecified atom stereocenters. The number of hydrogen-bond donors (Lipinski definition) is 0. The van der Waals surface area contributed by atoms with E-state index in [1.54, 1.807) is 0 Å². The van der Waals surface area contributed by atoms with Gasteiger partial charge in [0.15, 0.2) is 0 Å². The highest BCUT2D eigenvalue weighted by Gasteiger charge is 2.40. The number of amides is 1. The Labute approximate surface area is 91.8 Å². The van der Waals surface area contributed by atoms with Crippen molar-refractivity contribution in [2.75, 3.05) is 6.61 Å². The Morgan fingerprint density at radius 3 is 2.53 bits per heavy atom. The molecule has 15 heavy (non-hydrogen) atoms. The van der Waals surface area contributed by atoms with E-state index >= 15 is 0 Å². The molecule has 0 saturated carbocycles. The molecule has 0 aromatic heterocycles. The number of carbonyl (C=O) groups excluding carboxylic acids is 1. The Bertz CT molecular complexity index is 224. The molecule has 85 valence electrons. The number of fused-ring (bicyclic) bond motifs is 2. The van der Waals surface area contributed by atoms with Gasteiger partial charge in [0.2, 0.25) is 0 Å². The second-order valence-electron chi connectivity index (χ2n) is 5.02. The van der Waals surface area contributed by atoms with E-state index in [1.165, 1.54) is 0 Å². The van der Waals surface area contributed by atoms with E-state index in [1.807, 2.05) is 4.90 Å². The molecule has 1 amide bonds. The first-order valence-electron chi connectivity index (χ1n) is 5.95. The van der Waals surface area contributed by atoms with Crippen molar-refractivity contribution in [3.8, 4) is 0 Å². The van der Waals surface area contributed by atoms with Gasteiger partial charge in [0.25, 0.3) is 0 Å². The molecule has 2 fully saturated rings. The molecule has 3 nitrogen and oxygen atoms in total. The van der Waals surface area contributed by atoms with Crippen LogP contribution in [0, 0.1) is 12.3 Å². The van der Waals surface area contributed by atoms with Gasteiger partial charge in [0.1, 0.15) is 0 Å². The van der Waals surface area contributed by atoms with E-state index in [2.05, 4.69) is 20.3 Å². The average Bonchev–Trinajstić information content (AvgIpc) is 2.45. The highest BCUT2D eigenvalue weighted by atomic mass is 16.6. The number of rotatable bonds is 2. The van der Waals surface area contributed by atoms with E-state index in [4.69, 9.17) is 4.74 Å². The lowest BCUT2D eigenvalue weighted by atomic mass is 10.0. The van der Waals surface area contributed by atoms with Crippen LogP contribution in [-0.4, -0.2) is 29.7 Å². The summed E-state index contributed by atoms with van der Waals surface area (Å²) in [7, 11) is 0. The fourth-order valence-electron chi connectivity index (χ4n) is 2.52. The second-order valence-corrected chi connectivity index (χ2v) is 5.02. The van der Waals surface area contributed by atoms with Crippen molar-refractivity contribution in [2.24, 2.45) is 5.92 Å². The van der Waals surface area contributed by atoms with Gasteiger partial charge in [-0.05, 0) is 38.0 Å². The van der Waals surface area contributed by atoms with Crippen LogP contribution in [0.5, 0.6) is 0 Å². The van der Waals surface area contributed by atoms with E-state index in [0.717, 1.165) is 25.7 Å². The largest absolute Gasteiger partial charge is 0.449 e. The summed E-state index contributed by atoms with van der Waals surface area (Å²) in [5.41, 5.74) is 0. The number of ether oxygens (including phenoxy) is 1. The van der Waals surface area contributed by atoms with Gasteiger partial charge in [0, 0.05) is 12.1 Å². The smallest absolute Gasteiger partial charge is 0.410 e. The van der Waals surface area contributed by atoms with E-state index < -0.39 is 0 Å². The predicted molar refractivity (Wildman–Crippen MR) is 58.4 cm³/mol. The summed E-state index contributed by atoms with van der Waals surface area (Å²) in [5.74, 6) is 0.419. The molecule has 3 heteroatoms. The molecule has 0 aliphatic carbocycles. The van der Waals surface area contributed by atoms with Gasteiger partial charge in [-0.1, -0.05) is 13.8 Å². The third kappa shape index (κ3) is 2.27. The topological polar surface area (TPSA) is 29.5 Å². The lowest BCUT2D eigenvalue weighted by Crippen LogP contribution is -2.44. The van der Waals surface area contributed by atoms with Gasteiger partial charge in [-0.3, -0.25) is 0 Å². The number of piperidine rings is 1. The molecule has 2 heterocycles. The summed E-state index contributed by atoms with van der Waals surface area (Å²) in [6.07, 6.45) is 6.62. The van der Waals surface area contributed by atoms with Crippen LogP contribution >= 0.6 is 0 Å². The summed E-state index contributed by atoms with van der Waals surface area (Å²) in [5, 5.41) is 0. The molecule has 2 atom stereocenters. The normalized spacial score (nSPS) is 29.7. The zero-order chi connectivity index (χ0) is 10.8. The predicted octanol–water partition coefficient (Wildman–Crippen LogP) is 2.61. The Morgan fingerprint density at radius 1 is 1.40 bits per heavy atom. The van der Waals surface area contributed by atoms with Gasteiger partial charge >= 0.3 is 6.09 Å². The summed E-state index contributed by atoms with van der Waals surface area (Å²) in [6.45, 7) is 4.66. The maximum absolute atomic E-state index is 11.9. The molecule has 0 N–H and O–H groups in total. The fraction of sp³-hybridized carbons (Fsp3) is 0.833. The van der Waals surface area contributed by atoms with Crippen molar-refractivity contribution in [1.82, 2.24) is 4.90 Å². The zero-order valence-corrected chi connectivity index (χ0v) is 9.61. The van der Waals surface area contributed by atoms with Crippen LogP contribution in [-0.2, 0) is 4.74 Å².